The Morgan fingerprint density at radius 3 is 2.44 bits per heavy atom. The second kappa shape index (κ2) is 5.87. The number of benzene rings is 1. The topological polar surface area (TPSA) is 12.4 Å². The number of hydrogen-bond acceptors (Lipinski definition) is 1. The highest BCUT2D eigenvalue weighted by Crippen LogP contribution is 2.12. The average Bonchev–Trinajstić information content (AvgIpc) is 2.23. The lowest BCUT2D eigenvalue weighted by molar-refractivity contribution is 0.586. The normalized spacial score (nSPS) is 11.7. The van der Waals surface area contributed by atoms with Crippen LogP contribution in [0.3, 0.4) is 0 Å². The molecule has 0 aliphatic carbocycles. The Hall–Kier alpha value is -1.55. The van der Waals surface area contributed by atoms with Crippen LogP contribution in [0.25, 0.3) is 0 Å². The van der Waals surface area contributed by atoms with Crippen molar-refractivity contribution in [3.8, 4) is 11.8 Å². The van der Waals surface area contributed by atoms with E-state index in [1.165, 1.54) is 5.56 Å². The minimum atomic E-state index is -0.0491. The number of aryl methyl sites for hydroxylation is 1. The van der Waals surface area contributed by atoms with Crippen LogP contribution in [0.4, 0.5) is 0 Å². The van der Waals surface area contributed by atoms with Crippen LogP contribution in [-0.2, 0) is 0 Å². The fourth-order valence-electron chi connectivity index (χ4n) is 1.39. The van der Waals surface area contributed by atoms with Crippen molar-refractivity contribution in [3.63, 3.8) is 0 Å². The summed E-state index contributed by atoms with van der Waals surface area (Å²) in [5, 5.41) is 0. The van der Waals surface area contributed by atoms with Gasteiger partial charge < -0.3 is 0 Å². The van der Waals surface area contributed by atoms with Gasteiger partial charge in [0.2, 0.25) is 0 Å². The molecule has 18 heavy (non-hydrogen) atoms. The third-order valence-corrected chi connectivity index (χ3v) is 2.29. The molecule has 0 spiro atoms. The van der Waals surface area contributed by atoms with Gasteiger partial charge in [0, 0.05) is 23.3 Å². The Morgan fingerprint density at radius 2 is 1.89 bits per heavy atom. The van der Waals surface area contributed by atoms with Crippen molar-refractivity contribution in [2.75, 3.05) is 0 Å². The van der Waals surface area contributed by atoms with Gasteiger partial charge in [0.15, 0.2) is 0 Å². The number of hydrogen-bond donors (Lipinski definition) is 0. The zero-order chi connectivity index (χ0) is 13.8. The molecule has 0 saturated carbocycles. The molecule has 0 fully saturated rings. The lowest BCUT2D eigenvalue weighted by atomic mass is 10.0. The highest BCUT2D eigenvalue weighted by Gasteiger charge is 2.06. The number of rotatable bonds is 1. The van der Waals surface area contributed by atoms with Crippen LogP contribution in [-0.4, -0.2) is 11.8 Å². The summed E-state index contributed by atoms with van der Waals surface area (Å²) in [4.78, 5) is 4.56. The Bertz CT molecular complexity index is 491. The molecule has 0 radical (unpaired) electrons. The van der Waals surface area contributed by atoms with Gasteiger partial charge in [-0.15, -0.1) is 0 Å². The van der Waals surface area contributed by atoms with E-state index in [4.69, 9.17) is 0 Å². The van der Waals surface area contributed by atoms with E-state index < -0.39 is 0 Å². The monoisotopic (exact) mass is 241 g/mol. The van der Waals surface area contributed by atoms with Gasteiger partial charge in [-0.2, -0.15) is 0 Å². The summed E-state index contributed by atoms with van der Waals surface area (Å²) >= 11 is 0. The molecule has 0 heterocycles. The molecular weight excluding hydrogens is 218 g/mol. The van der Waals surface area contributed by atoms with Gasteiger partial charge >= 0.3 is 0 Å². The molecular formula is C17H23N. The molecule has 0 aliphatic heterocycles. The van der Waals surface area contributed by atoms with E-state index in [9.17, 15) is 0 Å². The fraction of sp³-hybridized carbons (Fsp3) is 0.471. The first kappa shape index (κ1) is 14.5. The molecule has 0 N–H and O–H groups in total. The third kappa shape index (κ3) is 5.19. The van der Waals surface area contributed by atoms with Crippen LogP contribution in [0, 0.1) is 24.7 Å². The molecule has 1 heteroatoms. The molecule has 0 bridgehead atoms. The Labute approximate surface area is 111 Å². The summed E-state index contributed by atoms with van der Waals surface area (Å²) in [6.07, 6.45) is 1.94. The maximum Gasteiger partial charge on any atom is 0.0524 e. The van der Waals surface area contributed by atoms with Gasteiger partial charge in [0.25, 0.3) is 0 Å². The van der Waals surface area contributed by atoms with Gasteiger partial charge in [-0.25, -0.2) is 0 Å². The molecule has 0 aromatic heterocycles. The predicted molar refractivity (Wildman–Crippen MR) is 80.2 cm³/mol. The van der Waals surface area contributed by atoms with E-state index in [1.54, 1.807) is 0 Å². The summed E-state index contributed by atoms with van der Waals surface area (Å²) in [5.41, 5.74) is 3.35. The van der Waals surface area contributed by atoms with Gasteiger partial charge in [0.1, 0.15) is 0 Å². The van der Waals surface area contributed by atoms with Crippen LogP contribution in [0.5, 0.6) is 0 Å². The van der Waals surface area contributed by atoms with Crippen LogP contribution in [0.15, 0.2) is 23.2 Å². The second-order valence-electron chi connectivity index (χ2n) is 5.94. The summed E-state index contributed by atoms with van der Waals surface area (Å²) in [6.45, 7) is 12.6. The first-order chi connectivity index (χ1) is 8.28. The highest BCUT2D eigenvalue weighted by molar-refractivity contribution is 5.84. The number of aliphatic imine (C=N–C) groups is 1. The van der Waals surface area contributed by atoms with Crippen LogP contribution in [0.1, 0.15) is 51.3 Å². The van der Waals surface area contributed by atoms with Crippen molar-refractivity contribution in [3.05, 3.63) is 34.9 Å². The van der Waals surface area contributed by atoms with Crippen LogP contribution >= 0.6 is 0 Å². The molecule has 1 aromatic rings. The van der Waals surface area contributed by atoms with E-state index in [2.05, 4.69) is 76.6 Å². The summed E-state index contributed by atoms with van der Waals surface area (Å²) in [5.74, 6) is 6.83. The zero-order valence-corrected chi connectivity index (χ0v) is 12.3. The van der Waals surface area contributed by atoms with E-state index in [0.29, 0.717) is 5.92 Å². The van der Waals surface area contributed by atoms with Crippen molar-refractivity contribution in [1.29, 1.82) is 0 Å². The van der Waals surface area contributed by atoms with E-state index in [-0.39, 0.29) is 5.54 Å². The number of nitrogens with zero attached hydrogens (tertiary/aromatic N) is 1. The van der Waals surface area contributed by atoms with Crippen molar-refractivity contribution < 1.29 is 0 Å². The Kier molecular flexibility index (Phi) is 4.73. The van der Waals surface area contributed by atoms with Crippen molar-refractivity contribution in [2.45, 2.75) is 47.1 Å². The van der Waals surface area contributed by atoms with Crippen molar-refractivity contribution in [1.82, 2.24) is 0 Å². The largest absolute Gasteiger partial charge is 0.287 e. The summed E-state index contributed by atoms with van der Waals surface area (Å²) < 4.78 is 0. The Morgan fingerprint density at radius 1 is 1.22 bits per heavy atom. The van der Waals surface area contributed by atoms with E-state index in [1.807, 2.05) is 6.21 Å². The lowest BCUT2D eigenvalue weighted by Crippen LogP contribution is -2.10. The van der Waals surface area contributed by atoms with Gasteiger partial charge in [0.05, 0.1) is 5.54 Å². The third-order valence-electron chi connectivity index (χ3n) is 2.29. The van der Waals surface area contributed by atoms with Crippen LogP contribution in [0.2, 0.25) is 0 Å². The van der Waals surface area contributed by atoms with Crippen molar-refractivity contribution >= 4 is 6.21 Å². The van der Waals surface area contributed by atoms with Gasteiger partial charge in [-0.1, -0.05) is 37.3 Å². The molecule has 1 nitrogen and oxygen atoms in total. The maximum atomic E-state index is 4.56. The summed E-state index contributed by atoms with van der Waals surface area (Å²) in [7, 11) is 0. The first-order valence-corrected chi connectivity index (χ1v) is 6.45. The molecule has 0 amide bonds. The minimum absolute atomic E-state index is 0.0491. The fourth-order valence-corrected chi connectivity index (χ4v) is 1.39. The minimum Gasteiger partial charge on any atom is -0.287 e. The molecule has 1 rings (SSSR count). The predicted octanol–water partition coefficient (Wildman–Crippen LogP) is 4.22. The van der Waals surface area contributed by atoms with E-state index >= 15 is 0 Å². The summed E-state index contributed by atoms with van der Waals surface area (Å²) in [6, 6.07) is 6.31. The Balaban J connectivity index is 3.14. The molecule has 0 aliphatic rings. The lowest BCUT2D eigenvalue weighted by Gasteiger charge is -2.11. The quantitative estimate of drug-likeness (QED) is 0.515. The molecule has 1 aromatic carbocycles. The van der Waals surface area contributed by atoms with Crippen LogP contribution < -0.4 is 0 Å². The average molecular weight is 241 g/mol. The second-order valence-corrected chi connectivity index (χ2v) is 5.94. The highest BCUT2D eigenvalue weighted by atomic mass is 14.8. The molecule has 0 unspecified atom stereocenters. The smallest absolute Gasteiger partial charge is 0.0524 e. The zero-order valence-electron chi connectivity index (χ0n) is 12.3. The first-order valence-electron chi connectivity index (χ1n) is 6.45. The van der Waals surface area contributed by atoms with Gasteiger partial charge in [-0.3, -0.25) is 4.99 Å². The van der Waals surface area contributed by atoms with Crippen molar-refractivity contribution in [2.24, 2.45) is 10.9 Å². The van der Waals surface area contributed by atoms with E-state index in [0.717, 1.165) is 11.1 Å². The molecule has 0 atom stereocenters. The molecule has 96 valence electrons. The molecule has 0 saturated heterocycles. The SMILES string of the molecule is Cc1ccc(C#CC(C)C)c(/C=N/C(C)(C)C)c1. The van der Waals surface area contributed by atoms with Gasteiger partial charge in [-0.05, 0) is 39.8 Å². The standard InChI is InChI=1S/C17H23N/c1-13(2)7-9-15-10-8-14(3)11-16(15)12-18-17(4,5)6/h8,10-13H,1-6H3/b18-12+. The maximum absolute atomic E-state index is 4.56.